The van der Waals surface area contributed by atoms with E-state index in [1.807, 2.05) is 26.8 Å². The van der Waals surface area contributed by atoms with Crippen molar-refractivity contribution in [1.29, 1.82) is 0 Å². The van der Waals surface area contributed by atoms with Crippen LogP contribution in [0.25, 0.3) is 10.8 Å². The summed E-state index contributed by atoms with van der Waals surface area (Å²) >= 11 is 0. The monoisotopic (exact) mass is 343 g/mol. The Balaban J connectivity index is 1.82. The molecule has 0 spiro atoms. The molecule has 2 heterocycles. The number of carbonyl (C=O) groups is 1. The molecule has 1 aromatic carbocycles. The van der Waals surface area contributed by atoms with E-state index in [9.17, 15) is 9.59 Å². The Hall–Kier alpha value is -2.34. The van der Waals surface area contributed by atoms with Gasteiger partial charge in [-0.3, -0.25) is 4.79 Å². The van der Waals surface area contributed by atoms with Gasteiger partial charge >= 0.3 is 5.97 Å². The highest BCUT2D eigenvalue weighted by Crippen LogP contribution is 2.24. The van der Waals surface area contributed by atoms with Gasteiger partial charge in [-0.25, -0.2) is 4.79 Å². The van der Waals surface area contributed by atoms with Crippen LogP contribution in [0.15, 0.2) is 35.3 Å². The number of benzene rings is 1. The zero-order valence-electron chi connectivity index (χ0n) is 15.0. The highest BCUT2D eigenvalue weighted by Gasteiger charge is 2.32. The summed E-state index contributed by atoms with van der Waals surface area (Å²) in [5, 5.41) is 3.11. The van der Waals surface area contributed by atoms with Crippen molar-refractivity contribution >= 4 is 22.4 Å². The van der Waals surface area contributed by atoms with E-state index in [0.717, 1.165) is 18.2 Å². The van der Waals surface area contributed by atoms with Gasteiger partial charge in [0.1, 0.15) is 0 Å². The van der Waals surface area contributed by atoms with E-state index >= 15 is 0 Å². The lowest BCUT2D eigenvalue weighted by Gasteiger charge is -2.27. The summed E-state index contributed by atoms with van der Waals surface area (Å²) in [5.41, 5.74) is 5.92. The number of pyridine rings is 1. The van der Waals surface area contributed by atoms with Crippen LogP contribution in [0.5, 0.6) is 0 Å². The average Bonchev–Trinajstić information content (AvgIpc) is 2.97. The van der Waals surface area contributed by atoms with E-state index in [1.54, 1.807) is 34.0 Å². The maximum Gasteiger partial charge on any atom is 0.330 e. The molecule has 0 bridgehead atoms. The van der Waals surface area contributed by atoms with Crippen LogP contribution < -0.4 is 11.3 Å². The van der Waals surface area contributed by atoms with Gasteiger partial charge in [0, 0.05) is 35.7 Å². The minimum Gasteiger partial charge on any atom is -0.398 e. The van der Waals surface area contributed by atoms with Gasteiger partial charge in [-0.1, -0.05) is 6.07 Å². The maximum absolute atomic E-state index is 12.7. The largest absolute Gasteiger partial charge is 0.398 e. The van der Waals surface area contributed by atoms with Crippen LogP contribution in [0.3, 0.4) is 0 Å². The summed E-state index contributed by atoms with van der Waals surface area (Å²) in [7, 11) is 0. The lowest BCUT2D eigenvalue weighted by Crippen LogP contribution is -2.40. The Kier molecular flexibility index (Phi) is 4.56. The van der Waals surface area contributed by atoms with Crippen LogP contribution in [0.1, 0.15) is 33.6 Å². The van der Waals surface area contributed by atoms with Gasteiger partial charge in [-0.2, -0.15) is 0 Å². The van der Waals surface area contributed by atoms with E-state index in [2.05, 4.69) is 0 Å². The standard InChI is InChI=1S/C19H25N3O3/c1-19(2,3)18(24)25-22-10-5-6-13(22)12-21-11-9-14-15(17(21)23)7-4-8-16(14)20/h4,7-9,11,13H,5-6,10,12,20H2,1-3H3/t13-/m0/s1. The van der Waals surface area contributed by atoms with Crippen LogP contribution >= 0.6 is 0 Å². The molecule has 0 unspecified atom stereocenters. The highest BCUT2D eigenvalue weighted by molar-refractivity contribution is 5.91. The van der Waals surface area contributed by atoms with Crippen LogP contribution in [0.4, 0.5) is 5.69 Å². The molecule has 2 N–H and O–H groups in total. The first kappa shape index (κ1) is 17.5. The minimum atomic E-state index is -0.551. The first-order chi connectivity index (χ1) is 11.8. The van der Waals surface area contributed by atoms with Gasteiger partial charge in [-0.05, 0) is 51.8 Å². The van der Waals surface area contributed by atoms with Crippen LogP contribution in [-0.4, -0.2) is 28.2 Å². The van der Waals surface area contributed by atoms with Crippen molar-refractivity contribution in [3.63, 3.8) is 0 Å². The first-order valence-corrected chi connectivity index (χ1v) is 8.64. The molecular weight excluding hydrogens is 318 g/mol. The molecule has 2 aromatic rings. The summed E-state index contributed by atoms with van der Waals surface area (Å²) in [5.74, 6) is -0.252. The van der Waals surface area contributed by atoms with Crippen molar-refractivity contribution in [3.05, 3.63) is 40.8 Å². The van der Waals surface area contributed by atoms with Crippen molar-refractivity contribution < 1.29 is 9.63 Å². The Bertz CT molecular complexity index is 851. The molecule has 1 fully saturated rings. The molecule has 1 aliphatic rings. The smallest absolute Gasteiger partial charge is 0.330 e. The molecule has 0 radical (unpaired) electrons. The molecule has 134 valence electrons. The third kappa shape index (κ3) is 3.54. The fraction of sp³-hybridized carbons (Fsp3) is 0.474. The molecule has 1 atom stereocenters. The third-order valence-electron chi connectivity index (χ3n) is 4.60. The van der Waals surface area contributed by atoms with Crippen molar-refractivity contribution in [1.82, 2.24) is 9.63 Å². The molecule has 25 heavy (non-hydrogen) atoms. The number of rotatable bonds is 3. The number of hydrogen-bond donors (Lipinski definition) is 1. The molecule has 1 saturated heterocycles. The summed E-state index contributed by atoms with van der Waals surface area (Å²) in [6.07, 6.45) is 3.60. The van der Waals surface area contributed by atoms with Gasteiger partial charge in [0.25, 0.3) is 5.56 Å². The molecule has 6 heteroatoms. The third-order valence-corrected chi connectivity index (χ3v) is 4.60. The normalized spacial score (nSPS) is 18.6. The summed E-state index contributed by atoms with van der Waals surface area (Å²) in [6.45, 7) is 6.68. The van der Waals surface area contributed by atoms with Crippen molar-refractivity contribution in [2.45, 2.75) is 46.2 Å². The molecule has 3 rings (SSSR count). The van der Waals surface area contributed by atoms with E-state index in [1.165, 1.54) is 0 Å². The fourth-order valence-electron chi connectivity index (χ4n) is 3.07. The number of carbonyl (C=O) groups excluding carboxylic acids is 1. The number of nitrogens with zero attached hydrogens (tertiary/aromatic N) is 2. The number of hydroxylamine groups is 2. The fourth-order valence-corrected chi connectivity index (χ4v) is 3.07. The second-order valence-corrected chi connectivity index (χ2v) is 7.65. The topological polar surface area (TPSA) is 77.6 Å². The zero-order chi connectivity index (χ0) is 18.2. The van der Waals surface area contributed by atoms with E-state index in [-0.39, 0.29) is 17.6 Å². The van der Waals surface area contributed by atoms with Crippen LogP contribution in [0, 0.1) is 5.41 Å². The summed E-state index contributed by atoms with van der Waals surface area (Å²) in [6, 6.07) is 7.23. The van der Waals surface area contributed by atoms with E-state index < -0.39 is 5.41 Å². The average molecular weight is 343 g/mol. The molecule has 1 aromatic heterocycles. The van der Waals surface area contributed by atoms with Crippen molar-refractivity contribution in [2.75, 3.05) is 12.3 Å². The van der Waals surface area contributed by atoms with Crippen molar-refractivity contribution in [3.8, 4) is 0 Å². The lowest BCUT2D eigenvalue weighted by molar-refractivity contribution is -0.205. The Morgan fingerprint density at radius 1 is 1.28 bits per heavy atom. The molecule has 0 amide bonds. The Labute approximate surface area is 147 Å². The zero-order valence-corrected chi connectivity index (χ0v) is 15.0. The summed E-state index contributed by atoms with van der Waals surface area (Å²) < 4.78 is 1.68. The van der Waals surface area contributed by atoms with E-state index in [0.29, 0.717) is 24.2 Å². The van der Waals surface area contributed by atoms with Gasteiger partial charge < -0.3 is 15.1 Å². The predicted octanol–water partition coefficient (Wildman–Crippen LogP) is 2.55. The minimum absolute atomic E-state index is 0.00232. The number of nitrogen functional groups attached to an aromatic ring is 1. The number of aromatic nitrogens is 1. The van der Waals surface area contributed by atoms with Crippen molar-refractivity contribution in [2.24, 2.45) is 5.41 Å². The second-order valence-electron chi connectivity index (χ2n) is 7.65. The maximum atomic E-state index is 12.7. The van der Waals surface area contributed by atoms with Crippen LogP contribution in [0.2, 0.25) is 0 Å². The van der Waals surface area contributed by atoms with Crippen LogP contribution in [-0.2, 0) is 16.2 Å². The number of nitrogens with two attached hydrogens (primary N) is 1. The molecule has 0 aliphatic carbocycles. The lowest BCUT2D eigenvalue weighted by atomic mass is 9.98. The second kappa shape index (κ2) is 6.52. The predicted molar refractivity (Wildman–Crippen MR) is 97.9 cm³/mol. The van der Waals surface area contributed by atoms with E-state index in [4.69, 9.17) is 10.6 Å². The Morgan fingerprint density at radius 3 is 2.76 bits per heavy atom. The van der Waals surface area contributed by atoms with Gasteiger partial charge in [-0.15, -0.1) is 5.06 Å². The Morgan fingerprint density at radius 2 is 2.04 bits per heavy atom. The highest BCUT2D eigenvalue weighted by atomic mass is 16.7. The van der Waals surface area contributed by atoms with Gasteiger partial charge in [0.15, 0.2) is 0 Å². The SMILES string of the molecule is CC(C)(C)C(=O)ON1CCC[C@H]1Cn1ccc2c(N)cccc2c1=O. The number of anilines is 1. The molecule has 0 saturated carbocycles. The first-order valence-electron chi connectivity index (χ1n) is 8.64. The molecule has 6 nitrogen and oxygen atoms in total. The summed E-state index contributed by atoms with van der Waals surface area (Å²) in [4.78, 5) is 30.5. The number of hydrogen-bond acceptors (Lipinski definition) is 5. The molecule has 1 aliphatic heterocycles. The number of fused-ring (bicyclic) bond motifs is 1. The van der Waals surface area contributed by atoms with Gasteiger partial charge in [0.2, 0.25) is 0 Å². The van der Waals surface area contributed by atoms with Gasteiger partial charge in [0.05, 0.1) is 11.5 Å². The quantitative estimate of drug-likeness (QED) is 0.867. The molecular formula is C19H25N3O3.